The van der Waals surface area contributed by atoms with Gasteiger partial charge in [0.05, 0.1) is 5.94 Å². The molecule has 5 N–H and O–H groups in total. The number of aromatic hydroxyl groups is 1. The van der Waals surface area contributed by atoms with Gasteiger partial charge in [0.25, 0.3) is 0 Å². The number of carbonyl (C=O) groups is 5. The lowest BCUT2D eigenvalue weighted by atomic mass is 9.72. The van der Waals surface area contributed by atoms with Crippen molar-refractivity contribution < 1.29 is 52.6 Å². The van der Waals surface area contributed by atoms with Crippen molar-refractivity contribution in [3.8, 4) is 11.5 Å². The molecule has 2 aromatic carbocycles. The fraction of sp³-hybridized carbons (Fsp3) is 0.292. The number of hydrogen-bond acceptors (Lipinski definition) is 8. The first-order valence-electron chi connectivity index (χ1n) is 12.0. The van der Waals surface area contributed by atoms with Gasteiger partial charge in [-0.1, -0.05) is 12.1 Å². The van der Waals surface area contributed by atoms with Crippen molar-refractivity contribution in [3.63, 3.8) is 0 Å². The van der Waals surface area contributed by atoms with Gasteiger partial charge in [-0.2, -0.15) is 0 Å². The van der Waals surface area contributed by atoms with Crippen LogP contribution in [0.15, 0.2) is 30.3 Å². The molecule has 210 valence electrons. The summed E-state index contributed by atoms with van der Waals surface area (Å²) in [4.78, 5) is 64.3. The Morgan fingerprint density at radius 2 is 1.85 bits per heavy atom. The molecular weight excluding hydrogens is 537 g/mol. The number of amides is 5. The number of nitrogens with one attached hydrogen (secondary N) is 2. The minimum atomic E-state index is -1.84. The second-order valence-corrected chi connectivity index (χ2v) is 8.98. The van der Waals surface area contributed by atoms with Crippen LogP contribution in [0.3, 0.4) is 0 Å². The van der Waals surface area contributed by atoms with Crippen molar-refractivity contribution in [2.75, 3.05) is 19.6 Å². The number of piperazine rings is 1. The summed E-state index contributed by atoms with van der Waals surface area (Å²) < 4.78 is 33.4. The van der Waals surface area contributed by atoms with Crippen LogP contribution in [0.4, 0.5) is 13.6 Å². The number of hydrogen-bond donors (Lipinski definition) is 5. The topological polar surface area (TPSA) is 186 Å². The number of halogens is 2. The summed E-state index contributed by atoms with van der Waals surface area (Å²) in [6.07, 6.45) is -0.209. The molecule has 0 unspecified atom stereocenters. The predicted molar refractivity (Wildman–Crippen MR) is 131 cm³/mol. The maximum absolute atomic E-state index is 14.2. The Kier molecular flexibility index (Phi) is 7.90. The van der Waals surface area contributed by atoms with Crippen LogP contribution in [-0.2, 0) is 20.8 Å². The Labute approximate surface area is 225 Å². The maximum Gasteiger partial charge on any atom is 0.547 e. The van der Waals surface area contributed by atoms with Crippen LogP contribution >= 0.6 is 0 Å². The lowest BCUT2D eigenvalue weighted by Gasteiger charge is -2.33. The van der Waals surface area contributed by atoms with Crippen molar-refractivity contribution >= 4 is 36.8 Å². The third-order valence-corrected chi connectivity index (χ3v) is 6.52. The fourth-order valence-corrected chi connectivity index (χ4v) is 4.40. The Morgan fingerprint density at radius 1 is 1.12 bits per heavy atom. The van der Waals surface area contributed by atoms with Gasteiger partial charge in [-0.05, 0) is 42.7 Å². The molecule has 2 atom stereocenters. The normalized spacial score (nSPS) is 17.6. The highest BCUT2D eigenvalue weighted by molar-refractivity contribution is 6.47. The smallest absolute Gasteiger partial charge is 0.534 e. The summed E-state index contributed by atoms with van der Waals surface area (Å²) in [5.41, 5.74) is -0.800. The third-order valence-electron chi connectivity index (χ3n) is 6.52. The van der Waals surface area contributed by atoms with E-state index in [2.05, 4.69) is 10.6 Å². The number of rotatable bonds is 6. The standard InChI is InChI=1S/C24H23BF2N4O9/c1-2-30-7-8-31(22(35)21(30)34)24(38)29-18(11-4-6-15(32)14(27)9-11)20(33)28-16-10-12-3-5-13(26)17(23(36)37)19(12)40-25(16)39/h3-6,9,16,18,32,39H,2,7-8,10H2,1H3,(H,28,33)(H,29,38)(H,36,37)/t16-,18+/m0/s1. The predicted octanol–water partition coefficient (Wildman–Crippen LogP) is -0.0504. The zero-order valence-corrected chi connectivity index (χ0v) is 20.9. The Hall–Kier alpha value is -4.73. The van der Waals surface area contributed by atoms with Gasteiger partial charge in [0.2, 0.25) is 5.91 Å². The van der Waals surface area contributed by atoms with E-state index in [4.69, 9.17) is 4.65 Å². The first kappa shape index (κ1) is 28.3. The van der Waals surface area contributed by atoms with Crippen molar-refractivity contribution in [2.45, 2.75) is 25.3 Å². The molecule has 2 aliphatic rings. The van der Waals surface area contributed by atoms with E-state index in [9.17, 15) is 48.0 Å². The van der Waals surface area contributed by atoms with Crippen LogP contribution in [0.25, 0.3) is 0 Å². The van der Waals surface area contributed by atoms with Gasteiger partial charge >= 0.3 is 30.9 Å². The highest BCUT2D eigenvalue weighted by Gasteiger charge is 2.41. The molecule has 0 saturated carbocycles. The second kappa shape index (κ2) is 11.2. The van der Waals surface area contributed by atoms with E-state index in [1.54, 1.807) is 6.92 Å². The number of carboxylic acids is 1. The quantitative estimate of drug-likeness (QED) is 0.239. The fourth-order valence-electron chi connectivity index (χ4n) is 4.40. The number of phenolic OH excluding ortho intramolecular Hbond substituents is 1. The van der Waals surface area contributed by atoms with E-state index in [-0.39, 0.29) is 37.2 Å². The zero-order chi connectivity index (χ0) is 29.3. The molecule has 4 rings (SSSR count). The molecule has 0 aromatic heterocycles. The van der Waals surface area contributed by atoms with E-state index in [0.29, 0.717) is 4.90 Å². The number of urea groups is 1. The summed E-state index contributed by atoms with van der Waals surface area (Å²) in [6.45, 7) is 1.79. The average Bonchev–Trinajstić information content (AvgIpc) is 2.90. The molecule has 40 heavy (non-hydrogen) atoms. The largest absolute Gasteiger partial charge is 0.547 e. The highest BCUT2D eigenvalue weighted by atomic mass is 19.1. The molecule has 16 heteroatoms. The SMILES string of the molecule is CCN1CCN(C(=O)N[C@@H](C(=O)N[C@H]2Cc3ccc(F)c(C(=O)O)c3OB2O)c2ccc(O)c(F)c2)C(=O)C1=O. The van der Waals surface area contributed by atoms with Crippen LogP contribution < -0.4 is 15.3 Å². The number of aromatic carboxylic acids is 1. The molecule has 0 aliphatic carbocycles. The Bertz CT molecular complexity index is 1410. The summed E-state index contributed by atoms with van der Waals surface area (Å²) >= 11 is 0. The second-order valence-electron chi connectivity index (χ2n) is 8.98. The molecule has 5 amide bonds. The third kappa shape index (κ3) is 5.38. The molecule has 2 aliphatic heterocycles. The molecular formula is C24H23BF2N4O9. The van der Waals surface area contributed by atoms with Gasteiger partial charge in [0, 0.05) is 19.6 Å². The van der Waals surface area contributed by atoms with Crippen LogP contribution in [0, 0.1) is 11.6 Å². The van der Waals surface area contributed by atoms with Gasteiger partial charge in [-0.15, -0.1) is 0 Å². The van der Waals surface area contributed by atoms with E-state index in [1.807, 2.05) is 0 Å². The monoisotopic (exact) mass is 560 g/mol. The number of imide groups is 1. The van der Waals surface area contributed by atoms with Gasteiger partial charge in [-0.25, -0.2) is 18.4 Å². The minimum absolute atomic E-state index is 0.0587. The van der Waals surface area contributed by atoms with Crippen LogP contribution in [0.5, 0.6) is 11.5 Å². The number of nitrogens with zero attached hydrogens (tertiary/aromatic N) is 2. The lowest BCUT2D eigenvalue weighted by molar-refractivity contribution is -0.153. The molecule has 13 nitrogen and oxygen atoms in total. The van der Waals surface area contributed by atoms with Gasteiger partial charge in [0.15, 0.2) is 11.6 Å². The molecule has 1 saturated heterocycles. The molecule has 2 heterocycles. The maximum atomic E-state index is 14.2. The van der Waals surface area contributed by atoms with Gasteiger partial charge in [-0.3, -0.25) is 19.3 Å². The van der Waals surface area contributed by atoms with Crippen LogP contribution in [0.2, 0.25) is 0 Å². The average molecular weight is 560 g/mol. The van der Waals surface area contributed by atoms with E-state index in [1.165, 1.54) is 11.0 Å². The minimum Gasteiger partial charge on any atom is -0.534 e. The van der Waals surface area contributed by atoms with Gasteiger partial charge < -0.3 is 35.4 Å². The van der Waals surface area contributed by atoms with E-state index in [0.717, 1.165) is 24.3 Å². The molecule has 0 spiro atoms. The molecule has 2 aromatic rings. The number of fused-ring (bicyclic) bond motifs is 1. The van der Waals surface area contributed by atoms with Crippen LogP contribution in [0.1, 0.15) is 34.5 Å². The Balaban J connectivity index is 1.58. The van der Waals surface area contributed by atoms with Crippen molar-refractivity contribution in [3.05, 3.63) is 58.7 Å². The molecule has 0 radical (unpaired) electrons. The van der Waals surface area contributed by atoms with Crippen molar-refractivity contribution in [1.82, 2.24) is 20.4 Å². The highest BCUT2D eigenvalue weighted by Crippen LogP contribution is 2.32. The van der Waals surface area contributed by atoms with Gasteiger partial charge in [0.1, 0.15) is 23.2 Å². The lowest BCUT2D eigenvalue weighted by Crippen LogP contribution is -2.60. The number of phenols is 1. The first-order chi connectivity index (χ1) is 18.9. The number of carbonyl (C=O) groups excluding carboxylic acids is 4. The number of carboxylic acid groups (broad SMARTS) is 1. The summed E-state index contributed by atoms with van der Waals surface area (Å²) in [6, 6.07) is 2.13. The Morgan fingerprint density at radius 3 is 2.50 bits per heavy atom. The summed E-state index contributed by atoms with van der Waals surface area (Å²) in [5.74, 6) is -9.28. The van der Waals surface area contributed by atoms with Crippen molar-refractivity contribution in [1.29, 1.82) is 0 Å². The van der Waals surface area contributed by atoms with E-state index < -0.39 is 77.5 Å². The van der Waals surface area contributed by atoms with Crippen LogP contribution in [-0.4, -0.2) is 87.5 Å². The van der Waals surface area contributed by atoms with E-state index >= 15 is 0 Å². The summed E-state index contributed by atoms with van der Waals surface area (Å²) in [7, 11) is -1.84. The molecule has 0 bridgehead atoms. The zero-order valence-electron chi connectivity index (χ0n) is 20.9. The number of benzene rings is 2. The summed E-state index contributed by atoms with van der Waals surface area (Å²) in [5, 5.41) is 34.0. The molecule has 1 fully saturated rings. The first-order valence-corrected chi connectivity index (χ1v) is 12.0. The van der Waals surface area contributed by atoms with Crippen molar-refractivity contribution in [2.24, 2.45) is 0 Å². The number of likely N-dealkylation sites (N-methyl/N-ethyl adjacent to an activating group) is 1.